The highest BCUT2D eigenvalue weighted by Gasteiger charge is 2.20. The van der Waals surface area contributed by atoms with Crippen LogP contribution in [0, 0.1) is 6.92 Å². The van der Waals surface area contributed by atoms with E-state index < -0.39 is 0 Å². The van der Waals surface area contributed by atoms with Crippen molar-refractivity contribution >= 4 is 5.91 Å². The molecule has 0 saturated carbocycles. The summed E-state index contributed by atoms with van der Waals surface area (Å²) in [5, 5.41) is 4.44. The van der Waals surface area contributed by atoms with Crippen LogP contribution in [0.1, 0.15) is 40.1 Å². The lowest BCUT2D eigenvalue weighted by molar-refractivity contribution is 0.0773. The highest BCUT2D eigenvalue weighted by atomic mass is 16.3. The van der Waals surface area contributed by atoms with Crippen molar-refractivity contribution in [2.75, 3.05) is 7.05 Å². The molecule has 0 atom stereocenters. The monoisotopic (exact) mass is 337 g/mol. The van der Waals surface area contributed by atoms with E-state index in [4.69, 9.17) is 4.42 Å². The summed E-state index contributed by atoms with van der Waals surface area (Å²) in [6.07, 6.45) is 2.43. The Labute approximate surface area is 147 Å². The van der Waals surface area contributed by atoms with E-state index in [1.54, 1.807) is 18.1 Å². The third kappa shape index (κ3) is 3.82. The maximum Gasteiger partial charge on any atom is 0.257 e. The first-order chi connectivity index (χ1) is 12.1. The number of carbonyl (C=O) groups excluding carboxylic acids is 1. The minimum atomic E-state index is -0.0368. The second-order valence-corrected chi connectivity index (χ2v) is 6.18. The lowest BCUT2D eigenvalue weighted by Gasteiger charge is -2.16. The number of hydrogen-bond acceptors (Lipinski definition) is 3. The van der Waals surface area contributed by atoms with E-state index in [0.717, 1.165) is 23.6 Å². The maximum absolute atomic E-state index is 12.8. The zero-order valence-electron chi connectivity index (χ0n) is 14.9. The molecule has 0 fully saturated rings. The molecule has 0 saturated heterocycles. The van der Waals surface area contributed by atoms with E-state index in [9.17, 15) is 4.79 Å². The number of hydrogen-bond donors (Lipinski definition) is 0. The molecular formula is C20H23N3O2. The van der Waals surface area contributed by atoms with Gasteiger partial charge in [0.05, 0.1) is 30.5 Å². The van der Waals surface area contributed by atoms with E-state index in [1.807, 2.05) is 48.9 Å². The number of amides is 1. The van der Waals surface area contributed by atoms with Crippen molar-refractivity contribution in [3.8, 4) is 0 Å². The van der Waals surface area contributed by atoms with Crippen molar-refractivity contribution < 1.29 is 9.21 Å². The average Bonchev–Trinajstić information content (AvgIpc) is 3.21. The maximum atomic E-state index is 12.8. The molecule has 1 amide bonds. The molecule has 3 rings (SSSR count). The Bertz CT molecular complexity index is 849. The fraction of sp³-hybridized carbons (Fsp3) is 0.300. The molecule has 0 bridgehead atoms. The van der Waals surface area contributed by atoms with E-state index in [1.165, 1.54) is 5.56 Å². The van der Waals surface area contributed by atoms with Gasteiger partial charge in [-0.2, -0.15) is 5.10 Å². The van der Waals surface area contributed by atoms with Gasteiger partial charge in [0, 0.05) is 7.05 Å². The Hall–Kier alpha value is -2.82. The fourth-order valence-corrected chi connectivity index (χ4v) is 2.94. The predicted octanol–water partition coefficient (Wildman–Crippen LogP) is 3.67. The van der Waals surface area contributed by atoms with Gasteiger partial charge in [-0.3, -0.25) is 9.48 Å². The molecule has 0 radical (unpaired) electrons. The molecule has 0 N–H and O–H groups in total. The predicted molar refractivity (Wildman–Crippen MR) is 96.4 cm³/mol. The molecule has 0 aliphatic heterocycles. The Morgan fingerprint density at radius 1 is 1.20 bits per heavy atom. The molecule has 0 unspecified atom stereocenters. The SMILES string of the molecule is CCc1c(C(=O)N(C)Cc2ccc(C)o2)cnn1Cc1ccccc1. The van der Waals surface area contributed by atoms with Crippen LogP contribution < -0.4 is 0 Å². The molecule has 5 nitrogen and oxygen atoms in total. The van der Waals surface area contributed by atoms with Crippen molar-refractivity contribution in [1.82, 2.24) is 14.7 Å². The first-order valence-electron chi connectivity index (χ1n) is 8.48. The normalized spacial score (nSPS) is 10.8. The van der Waals surface area contributed by atoms with Crippen molar-refractivity contribution in [3.05, 3.63) is 77.0 Å². The summed E-state index contributed by atoms with van der Waals surface area (Å²) in [5.41, 5.74) is 2.78. The summed E-state index contributed by atoms with van der Waals surface area (Å²) < 4.78 is 7.48. The van der Waals surface area contributed by atoms with Gasteiger partial charge in [0.1, 0.15) is 11.5 Å². The smallest absolute Gasteiger partial charge is 0.257 e. The van der Waals surface area contributed by atoms with E-state index in [2.05, 4.69) is 17.2 Å². The molecule has 0 aliphatic rings. The summed E-state index contributed by atoms with van der Waals surface area (Å²) in [5.74, 6) is 1.59. The van der Waals surface area contributed by atoms with E-state index >= 15 is 0 Å². The fourth-order valence-electron chi connectivity index (χ4n) is 2.94. The van der Waals surface area contributed by atoms with Gasteiger partial charge >= 0.3 is 0 Å². The first kappa shape index (κ1) is 17.0. The van der Waals surface area contributed by atoms with Crippen LogP contribution in [0.3, 0.4) is 0 Å². The van der Waals surface area contributed by atoms with Gasteiger partial charge in [-0.05, 0) is 31.0 Å². The largest absolute Gasteiger partial charge is 0.464 e. The van der Waals surface area contributed by atoms with Gasteiger partial charge in [0.25, 0.3) is 5.91 Å². The zero-order chi connectivity index (χ0) is 17.8. The Balaban J connectivity index is 1.78. The van der Waals surface area contributed by atoms with Crippen LogP contribution in [0.2, 0.25) is 0 Å². The van der Waals surface area contributed by atoms with Crippen LogP contribution in [0.25, 0.3) is 0 Å². The summed E-state index contributed by atoms with van der Waals surface area (Å²) in [4.78, 5) is 14.5. The highest BCUT2D eigenvalue weighted by Crippen LogP contribution is 2.16. The molecule has 0 spiro atoms. The van der Waals surface area contributed by atoms with Crippen LogP contribution >= 0.6 is 0 Å². The molecule has 25 heavy (non-hydrogen) atoms. The molecule has 5 heteroatoms. The van der Waals surface area contributed by atoms with Gasteiger partial charge in [-0.25, -0.2) is 0 Å². The third-order valence-electron chi connectivity index (χ3n) is 4.22. The third-order valence-corrected chi connectivity index (χ3v) is 4.22. The van der Waals surface area contributed by atoms with Crippen molar-refractivity contribution in [2.45, 2.75) is 33.4 Å². The summed E-state index contributed by atoms with van der Waals surface area (Å²) in [6, 6.07) is 13.9. The van der Waals surface area contributed by atoms with E-state index in [-0.39, 0.29) is 5.91 Å². The summed E-state index contributed by atoms with van der Waals surface area (Å²) in [6.45, 7) is 5.05. The first-order valence-corrected chi connectivity index (χ1v) is 8.48. The Morgan fingerprint density at radius 2 is 1.96 bits per heavy atom. The molecule has 2 aromatic heterocycles. The Kier molecular flexibility index (Phi) is 5.03. The number of nitrogens with zero attached hydrogens (tertiary/aromatic N) is 3. The topological polar surface area (TPSA) is 51.3 Å². The average molecular weight is 337 g/mol. The van der Waals surface area contributed by atoms with E-state index in [0.29, 0.717) is 18.7 Å². The van der Waals surface area contributed by atoms with Crippen molar-refractivity contribution in [2.24, 2.45) is 0 Å². The molecule has 1 aromatic carbocycles. The number of furan rings is 1. The van der Waals surface area contributed by atoms with Gasteiger partial charge < -0.3 is 9.32 Å². The van der Waals surface area contributed by atoms with Crippen LogP contribution in [0.5, 0.6) is 0 Å². The van der Waals surface area contributed by atoms with Crippen LogP contribution in [-0.2, 0) is 19.5 Å². The highest BCUT2D eigenvalue weighted by molar-refractivity contribution is 5.95. The van der Waals surface area contributed by atoms with Crippen molar-refractivity contribution in [1.29, 1.82) is 0 Å². The second-order valence-electron chi connectivity index (χ2n) is 6.18. The van der Waals surface area contributed by atoms with Crippen LogP contribution in [0.4, 0.5) is 0 Å². The minimum Gasteiger partial charge on any atom is -0.464 e. The molecule has 130 valence electrons. The lowest BCUT2D eigenvalue weighted by atomic mass is 10.1. The van der Waals surface area contributed by atoms with Gasteiger partial charge in [-0.15, -0.1) is 0 Å². The number of rotatable bonds is 6. The van der Waals surface area contributed by atoms with Crippen LogP contribution in [0.15, 0.2) is 53.1 Å². The quantitative estimate of drug-likeness (QED) is 0.689. The van der Waals surface area contributed by atoms with Gasteiger partial charge in [0.15, 0.2) is 0 Å². The lowest BCUT2D eigenvalue weighted by Crippen LogP contribution is -2.26. The van der Waals surface area contributed by atoms with Gasteiger partial charge in [0.2, 0.25) is 0 Å². The number of aromatic nitrogens is 2. The minimum absolute atomic E-state index is 0.0368. The van der Waals surface area contributed by atoms with Crippen molar-refractivity contribution in [3.63, 3.8) is 0 Å². The van der Waals surface area contributed by atoms with Crippen LogP contribution in [-0.4, -0.2) is 27.6 Å². The zero-order valence-corrected chi connectivity index (χ0v) is 14.9. The Morgan fingerprint density at radius 3 is 2.60 bits per heavy atom. The number of carbonyl (C=O) groups is 1. The molecule has 2 heterocycles. The standard InChI is InChI=1S/C20H23N3O2/c1-4-19-18(12-21-23(19)13-16-8-6-5-7-9-16)20(24)22(3)14-17-11-10-15(2)25-17/h5-12H,4,13-14H2,1-3H3. The van der Waals surface area contributed by atoms with Gasteiger partial charge in [-0.1, -0.05) is 37.3 Å². The number of aryl methyl sites for hydroxylation is 1. The summed E-state index contributed by atoms with van der Waals surface area (Å²) >= 11 is 0. The number of benzene rings is 1. The molecule has 0 aliphatic carbocycles. The molecular weight excluding hydrogens is 314 g/mol. The summed E-state index contributed by atoms with van der Waals surface area (Å²) in [7, 11) is 1.79. The second kappa shape index (κ2) is 7.38. The molecule has 3 aromatic rings.